The third kappa shape index (κ3) is 2.73. The van der Waals surface area contributed by atoms with Crippen LogP contribution in [-0.4, -0.2) is 23.2 Å². The molecule has 2 N–H and O–H groups in total. The molecular weight excluding hydrogens is 309 g/mol. The maximum atomic E-state index is 13.8. The van der Waals surface area contributed by atoms with Gasteiger partial charge in [0, 0.05) is 16.5 Å². The van der Waals surface area contributed by atoms with Gasteiger partial charge >= 0.3 is 5.97 Å². The molecule has 0 aliphatic heterocycles. The topological polar surface area (TPSA) is 62.3 Å². The van der Waals surface area contributed by atoms with Gasteiger partial charge in [-0.1, -0.05) is 11.6 Å². The summed E-state index contributed by atoms with van der Waals surface area (Å²) in [6.45, 7) is 3.93. The van der Waals surface area contributed by atoms with Crippen molar-refractivity contribution in [3.63, 3.8) is 0 Å². The normalized spacial score (nSPS) is 11.0. The van der Waals surface area contributed by atoms with Crippen LogP contribution in [0.2, 0.25) is 0 Å². The summed E-state index contributed by atoms with van der Waals surface area (Å²) in [7, 11) is 1.51. The fraction of sp³-hybridized carbons (Fsp3) is 0.211. The van der Waals surface area contributed by atoms with E-state index in [0.717, 1.165) is 22.0 Å². The van der Waals surface area contributed by atoms with Gasteiger partial charge in [0.2, 0.25) is 0 Å². The molecule has 0 unspecified atom stereocenters. The van der Waals surface area contributed by atoms with Gasteiger partial charge in [-0.25, -0.2) is 4.39 Å². The molecule has 0 amide bonds. The van der Waals surface area contributed by atoms with Gasteiger partial charge in [0.05, 0.1) is 19.2 Å². The molecule has 1 heterocycles. The fourth-order valence-corrected chi connectivity index (χ4v) is 3.15. The maximum Gasteiger partial charge on any atom is 0.307 e. The van der Waals surface area contributed by atoms with Crippen LogP contribution in [0.4, 0.5) is 4.39 Å². The first kappa shape index (κ1) is 16.1. The minimum absolute atomic E-state index is 0.155. The highest BCUT2D eigenvalue weighted by molar-refractivity contribution is 5.96. The van der Waals surface area contributed by atoms with Gasteiger partial charge < -0.3 is 14.8 Å². The van der Waals surface area contributed by atoms with E-state index in [1.807, 2.05) is 26.0 Å². The molecule has 4 nitrogen and oxygen atoms in total. The number of H-pyrrole nitrogens is 1. The number of methoxy groups -OCH3 is 1. The molecule has 24 heavy (non-hydrogen) atoms. The molecule has 0 fully saturated rings. The van der Waals surface area contributed by atoms with Gasteiger partial charge in [0.25, 0.3) is 0 Å². The zero-order chi connectivity index (χ0) is 17.4. The van der Waals surface area contributed by atoms with E-state index in [2.05, 4.69) is 4.98 Å². The van der Waals surface area contributed by atoms with Crippen molar-refractivity contribution >= 4 is 16.9 Å². The highest BCUT2D eigenvalue weighted by Crippen LogP contribution is 2.37. The lowest BCUT2D eigenvalue weighted by Crippen LogP contribution is -2.01. The van der Waals surface area contributed by atoms with E-state index in [9.17, 15) is 14.3 Å². The summed E-state index contributed by atoms with van der Waals surface area (Å²) < 4.78 is 19.1. The maximum absolute atomic E-state index is 13.8. The van der Waals surface area contributed by atoms with Crippen molar-refractivity contribution in [2.45, 2.75) is 20.3 Å². The molecule has 5 heteroatoms. The number of hydrogen-bond donors (Lipinski definition) is 2. The summed E-state index contributed by atoms with van der Waals surface area (Å²) >= 11 is 0. The van der Waals surface area contributed by atoms with E-state index in [-0.39, 0.29) is 6.42 Å². The minimum Gasteiger partial charge on any atom is -0.496 e. The molecule has 0 aliphatic carbocycles. The summed E-state index contributed by atoms with van der Waals surface area (Å²) in [6.07, 6.45) is -0.155. The third-order valence-electron chi connectivity index (χ3n) is 4.12. The molecule has 2 aromatic carbocycles. The van der Waals surface area contributed by atoms with Gasteiger partial charge in [-0.05, 0) is 49.2 Å². The number of carboxylic acid groups (broad SMARTS) is 1. The Morgan fingerprint density at radius 3 is 2.67 bits per heavy atom. The number of aromatic amines is 1. The van der Waals surface area contributed by atoms with Crippen molar-refractivity contribution in [3.05, 3.63) is 52.8 Å². The predicted octanol–water partition coefficient (Wildman–Crippen LogP) is 4.23. The van der Waals surface area contributed by atoms with E-state index in [0.29, 0.717) is 22.6 Å². The second-order valence-corrected chi connectivity index (χ2v) is 5.90. The van der Waals surface area contributed by atoms with Crippen molar-refractivity contribution in [2.24, 2.45) is 0 Å². The molecule has 0 bridgehead atoms. The molecule has 0 aliphatic rings. The predicted molar refractivity (Wildman–Crippen MR) is 91.1 cm³/mol. The number of benzene rings is 2. The SMILES string of the molecule is COc1ccc(F)cc1-c1[nH]c2c(C)cc(C)cc2c1CC(=O)O. The zero-order valence-corrected chi connectivity index (χ0v) is 13.7. The van der Waals surface area contributed by atoms with Crippen molar-refractivity contribution in [1.82, 2.24) is 4.98 Å². The molecule has 124 valence electrons. The summed E-state index contributed by atoms with van der Waals surface area (Å²) in [5.41, 5.74) is 4.65. The molecule has 1 aromatic heterocycles. The highest BCUT2D eigenvalue weighted by Gasteiger charge is 2.20. The summed E-state index contributed by atoms with van der Waals surface area (Å²) in [6, 6.07) is 8.19. The number of aryl methyl sites for hydroxylation is 2. The molecule has 0 radical (unpaired) electrons. The smallest absolute Gasteiger partial charge is 0.307 e. The van der Waals surface area contributed by atoms with Crippen LogP contribution in [0.5, 0.6) is 5.75 Å². The lowest BCUT2D eigenvalue weighted by Gasteiger charge is -2.09. The lowest BCUT2D eigenvalue weighted by atomic mass is 9.99. The Morgan fingerprint density at radius 2 is 2.00 bits per heavy atom. The first-order valence-electron chi connectivity index (χ1n) is 7.58. The quantitative estimate of drug-likeness (QED) is 0.754. The number of carbonyl (C=O) groups is 1. The largest absolute Gasteiger partial charge is 0.496 e. The number of halogens is 1. The van der Waals surface area contributed by atoms with Gasteiger partial charge in [-0.2, -0.15) is 0 Å². The third-order valence-corrected chi connectivity index (χ3v) is 4.12. The summed E-state index contributed by atoms with van der Waals surface area (Å²) in [5.74, 6) is -0.853. The Bertz CT molecular complexity index is 943. The average molecular weight is 327 g/mol. The number of carboxylic acids is 1. The Kier molecular flexibility index (Phi) is 4.01. The first-order valence-corrected chi connectivity index (χ1v) is 7.58. The van der Waals surface area contributed by atoms with Crippen LogP contribution in [-0.2, 0) is 11.2 Å². The Morgan fingerprint density at radius 1 is 1.25 bits per heavy atom. The minimum atomic E-state index is -0.938. The van der Waals surface area contributed by atoms with Crippen molar-refractivity contribution in [2.75, 3.05) is 7.11 Å². The van der Waals surface area contributed by atoms with Crippen LogP contribution in [0.15, 0.2) is 30.3 Å². The van der Waals surface area contributed by atoms with E-state index in [1.165, 1.54) is 19.2 Å². The van der Waals surface area contributed by atoms with Crippen LogP contribution in [0.3, 0.4) is 0 Å². The van der Waals surface area contributed by atoms with Gasteiger partial charge in [-0.15, -0.1) is 0 Å². The van der Waals surface area contributed by atoms with Crippen LogP contribution < -0.4 is 4.74 Å². The number of nitrogens with one attached hydrogen (secondary N) is 1. The molecule has 0 atom stereocenters. The van der Waals surface area contributed by atoms with Gasteiger partial charge in [-0.3, -0.25) is 4.79 Å². The summed E-state index contributed by atoms with van der Waals surface area (Å²) in [4.78, 5) is 14.6. The van der Waals surface area contributed by atoms with Crippen LogP contribution >= 0.6 is 0 Å². The van der Waals surface area contributed by atoms with E-state index in [1.54, 1.807) is 6.07 Å². The molecule has 0 spiro atoms. The molecule has 3 rings (SSSR count). The standard InChI is InChI=1S/C19H18FNO3/c1-10-6-11(2)18-13(7-10)14(9-17(22)23)19(21-18)15-8-12(20)4-5-16(15)24-3/h4-8,21H,9H2,1-3H3,(H,22,23). The number of fused-ring (bicyclic) bond motifs is 1. The van der Waals surface area contributed by atoms with E-state index < -0.39 is 11.8 Å². The van der Waals surface area contributed by atoms with E-state index in [4.69, 9.17) is 4.74 Å². The molecule has 0 saturated carbocycles. The highest BCUT2D eigenvalue weighted by atomic mass is 19.1. The molecule has 3 aromatic rings. The number of rotatable bonds is 4. The Hall–Kier alpha value is -2.82. The fourth-order valence-electron chi connectivity index (χ4n) is 3.15. The monoisotopic (exact) mass is 327 g/mol. The second kappa shape index (κ2) is 6.00. The first-order chi connectivity index (χ1) is 11.4. The van der Waals surface area contributed by atoms with Gasteiger partial charge in [0.1, 0.15) is 11.6 Å². The Balaban J connectivity index is 2.37. The molecule has 0 saturated heterocycles. The molecular formula is C19H18FNO3. The van der Waals surface area contributed by atoms with Crippen LogP contribution in [0.25, 0.3) is 22.2 Å². The number of aliphatic carboxylic acids is 1. The Labute approximate surface area is 138 Å². The lowest BCUT2D eigenvalue weighted by molar-refractivity contribution is -0.136. The van der Waals surface area contributed by atoms with Crippen molar-refractivity contribution < 1.29 is 19.0 Å². The number of ether oxygens (including phenoxy) is 1. The second-order valence-electron chi connectivity index (χ2n) is 5.90. The number of hydrogen-bond acceptors (Lipinski definition) is 2. The van der Waals surface area contributed by atoms with Crippen molar-refractivity contribution in [3.8, 4) is 17.0 Å². The number of aromatic nitrogens is 1. The van der Waals surface area contributed by atoms with Crippen LogP contribution in [0.1, 0.15) is 16.7 Å². The zero-order valence-electron chi connectivity index (χ0n) is 13.7. The summed E-state index contributed by atoms with van der Waals surface area (Å²) in [5, 5.41) is 10.2. The van der Waals surface area contributed by atoms with Crippen LogP contribution in [0, 0.1) is 19.7 Å². The van der Waals surface area contributed by atoms with E-state index >= 15 is 0 Å². The van der Waals surface area contributed by atoms with Gasteiger partial charge in [0.15, 0.2) is 0 Å². The van der Waals surface area contributed by atoms with Crippen molar-refractivity contribution in [1.29, 1.82) is 0 Å². The average Bonchev–Trinajstić information content (AvgIpc) is 2.85.